The second-order valence-corrected chi connectivity index (χ2v) is 8.71. The minimum absolute atomic E-state index is 0.0616. The van der Waals surface area contributed by atoms with E-state index >= 15 is 0 Å². The Morgan fingerprint density at radius 2 is 1.84 bits per heavy atom. The van der Waals surface area contributed by atoms with Gasteiger partial charge in [-0.2, -0.15) is 0 Å². The lowest BCUT2D eigenvalue weighted by Crippen LogP contribution is -2.50. The van der Waals surface area contributed by atoms with Gasteiger partial charge >= 0.3 is 6.09 Å². The summed E-state index contributed by atoms with van der Waals surface area (Å²) in [5.74, 6) is 0.969. The molecule has 1 heterocycles. The van der Waals surface area contributed by atoms with Crippen molar-refractivity contribution < 1.29 is 23.8 Å². The van der Waals surface area contributed by atoms with Crippen molar-refractivity contribution in [2.24, 2.45) is 0 Å². The molecule has 1 aromatic carbocycles. The maximum atomic E-state index is 12.1. The predicted octanol–water partition coefficient (Wildman–Crippen LogP) is 3.17. The number of hydrogen-bond acceptors (Lipinski definition) is 6. The highest BCUT2D eigenvalue weighted by atomic mass is 16.6. The molecule has 0 radical (unpaired) electrons. The number of ether oxygens (including phenoxy) is 3. The fraction of sp³-hybridized carbons (Fsp3) is 0.583. The maximum absolute atomic E-state index is 12.1. The number of nitrogens with zero attached hydrogens (tertiary/aromatic N) is 2. The summed E-state index contributed by atoms with van der Waals surface area (Å²) in [6, 6.07) is 5.59. The Balaban J connectivity index is 1.63. The Kier molecular flexibility index (Phi) is 9.84. The van der Waals surface area contributed by atoms with Gasteiger partial charge in [0.1, 0.15) is 5.60 Å². The van der Waals surface area contributed by atoms with E-state index in [4.69, 9.17) is 14.2 Å². The van der Waals surface area contributed by atoms with Gasteiger partial charge in [0.05, 0.1) is 7.11 Å². The Hall–Kier alpha value is -2.74. The highest BCUT2D eigenvalue weighted by Crippen LogP contribution is 2.28. The number of methoxy groups -OCH3 is 1. The van der Waals surface area contributed by atoms with Crippen LogP contribution in [-0.4, -0.2) is 80.4 Å². The van der Waals surface area contributed by atoms with Crippen molar-refractivity contribution in [3.63, 3.8) is 0 Å². The van der Waals surface area contributed by atoms with Crippen LogP contribution >= 0.6 is 0 Å². The molecule has 32 heavy (non-hydrogen) atoms. The summed E-state index contributed by atoms with van der Waals surface area (Å²) < 4.78 is 16.4. The number of allylic oxidation sites excluding steroid dienone is 1. The molecule has 2 amide bonds. The van der Waals surface area contributed by atoms with Crippen molar-refractivity contribution >= 4 is 18.1 Å². The second-order valence-electron chi connectivity index (χ2n) is 8.71. The smallest absolute Gasteiger partial charge is 0.410 e. The number of amides is 2. The maximum Gasteiger partial charge on any atom is 0.410 e. The lowest BCUT2D eigenvalue weighted by molar-refractivity contribution is -0.123. The lowest BCUT2D eigenvalue weighted by Gasteiger charge is -2.35. The molecule has 0 saturated carbocycles. The number of hydrogen-bond donors (Lipinski definition) is 1. The van der Waals surface area contributed by atoms with Gasteiger partial charge in [-0.05, 0) is 58.4 Å². The molecule has 0 unspecified atom stereocenters. The van der Waals surface area contributed by atoms with E-state index in [9.17, 15) is 9.59 Å². The quantitative estimate of drug-likeness (QED) is 0.586. The van der Waals surface area contributed by atoms with E-state index < -0.39 is 5.60 Å². The summed E-state index contributed by atoms with van der Waals surface area (Å²) in [5, 5.41) is 2.89. The van der Waals surface area contributed by atoms with Crippen LogP contribution in [0.3, 0.4) is 0 Å². The molecule has 1 aliphatic rings. The van der Waals surface area contributed by atoms with E-state index in [1.165, 1.54) is 0 Å². The summed E-state index contributed by atoms with van der Waals surface area (Å²) in [7, 11) is 1.58. The van der Waals surface area contributed by atoms with E-state index in [1.807, 2.05) is 52.0 Å². The number of rotatable bonds is 9. The molecule has 1 aliphatic heterocycles. The van der Waals surface area contributed by atoms with Gasteiger partial charge in [0.15, 0.2) is 18.1 Å². The molecule has 0 aliphatic carbocycles. The van der Waals surface area contributed by atoms with Gasteiger partial charge in [0.2, 0.25) is 0 Å². The monoisotopic (exact) mass is 447 g/mol. The minimum Gasteiger partial charge on any atom is -0.493 e. The van der Waals surface area contributed by atoms with Gasteiger partial charge in [0.25, 0.3) is 5.91 Å². The van der Waals surface area contributed by atoms with Gasteiger partial charge in [-0.15, -0.1) is 0 Å². The van der Waals surface area contributed by atoms with Crippen molar-refractivity contribution in [1.82, 2.24) is 15.1 Å². The lowest BCUT2D eigenvalue weighted by atomic mass is 10.2. The standard InChI is InChI=1S/C24H37N3O5/c1-6-8-19-9-10-20(21(17-19)30-5)31-18-22(28)25-11-7-12-26-13-15-27(16-14-26)23(29)32-24(2,3)4/h6,8-10,17H,7,11-16,18H2,1-5H3,(H,25,28). The van der Waals surface area contributed by atoms with Gasteiger partial charge in [-0.25, -0.2) is 4.79 Å². The van der Waals surface area contributed by atoms with E-state index in [0.29, 0.717) is 31.1 Å². The Morgan fingerprint density at radius 3 is 2.47 bits per heavy atom. The molecule has 8 heteroatoms. The highest BCUT2D eigenvalue weighted by molar-refractivity contribution is 5.77. The fourth-order valence-electron chi connectivity index (χ4n) is 3.30. The summed E-state index contributed by atoms with van der Waals surface area (Å²) in [4.78, 5) is 28.3. The molecular formula is C24H37N3O5. The molecule has 0 aromatic heterocycles. The topological polar surface area (TPSA) is 80.3 Å². The normalized spacial score (nSPS) is 15.0. The third-order valence-corrected chi connectivity index (χ3v) is 4.90. The number of carbonyl (C=O) groups is 2. The average Bonchev–Trinajstić information content (AvgIpc) is 2.75. The first kappa shape index (κ1) is 25.5. The summed E-state index contributed by atoms with van der Waals surface area (Å²) in [6.45, 7) is 11.9. The molecule has 0 bridgehead atoms. The molecule has 1 aromatic rings. The largest absolute Gasteiger partial charge is 0.493 e. The van der Waals surface area contributed by atoms with Crippen molar-refractivity contribution in [1.29, 1.82) is 0 Å². The molecule has 8 nitrogen and oxygen atoms in total. The first-order chi connectivity index (χ1) is 15.2. The van der Waals surface area contributed by atoms with Gasteiger partial charge in [-0.3, -0.25) is 9.69 Å². The summed E-state index contributed by atoms with van der Waals surface area (Å²) in [5.41, 5.74) is 0.532. The Morgan fingerprint density at radius 1 is 1.12 bits per heavy atom. The second kappa shape index (κ2) is 12.3. The first-order valence-electron chi connectivity index (χ1n) is 11.1. The van der Waals surface area contributed by atoms with E-state index in [-0.39, 0.29) is 18.6 Å². The fourth-order valence-corrected chi connectivity index (χ4v) is 3.30. The van der Waals surface area contributed by atoms with Crippen molar-refractivity contribution in [2.75, 3.05) is 53.0 Å². The zero-order valence-corrected chi connectivity index (χ0v) is 20.0. The van der Waals surface area contributed by atoms with Crippen LogP contribution in [0, 0.1) is 0 Å². The molecule has 0 atom stereocenters. The van der Waals surface area contributed by atoms with Crippen molar-refractivity contribution in [3.8, 4) is 11.5 Å². The van der Waals surface area contributed by atoms with Crippen LogP contribution < -0.4 is 14.8 Å². The molecule has 178 valence electrons. The zero-order valence-electron chi connectivity index (χ0n) is 20.0. The van der Waals surface area contributed by atoms with E-state index in [2.05, 4.69) is 10.2 Å². The van der Waals surface area contributed by atoms with Crippen LogP contribution in [0.25, 0.3) is 6.08 Å². The van der Waals surface area contributed by atoms with Gasteiger partial charge < -0.3 is 24.4 Å². The third-order valence-electron chi connectivity index (χ3n) is 4.90. The van der Waals surface area contributed by atoms with E-state index in [0.717, 1.165) is 31.6 Å². The molecule has 1 saturated heterocycles. The SMILES string of the molecule is CC=Cc1ccc(OCC(=O)NCCCN2CCN(C(=O)OC(C)(C)C)CC2)c(OC)c1. The van der Waals surface area contributed by atoms with Crippen LogP contribution in [0.2, 0.25) is 0 Å². The van der Waals surface area contributed by atoms with Gasteiger partial charge in [-0.1, -0.05) is 18.2 Å². The van der Waals surface area contributed by atoms with Crippen molar-refractivity contribution in [2.45, 2.75) is 39.7 Å². The minimum atomic E-state index is -0.475. The van der Waals surface area contributed by atoms with Gasteiger partial charge in [0, 0.05) is 32.7 Å². The first-order valence-corrected chi connectivity index (χ1v) is 11.1. The third kappa shape index (κ3) is 8.78. The van der Waals surface area contributed by atoms with Crippen LogP contribution in [0.5, 0.6) is 11.5 Å². The van der Waals surface area contributed by atoms with Crippen LogP contribution in [0.1, 0.15) is 39.7 Å². The molecule has 0 spiro atoms. The molecular weight excluding hydrogens is 410 g/mol. The number of carbonyl (C=O) groups excluding carboxylic acids is 2. The van der Waals surface area contributed by atoms with Crippen molar-refractivity contribution in [3.05, 3.63) is 29.8 Å². The predicted molar refractivity (Wildman–Crippen MR) is 125 cm³/mol. The van der Waals surface area contributed by atoms with Crippen LogP contribution in [0.4, 0.5) is 4.79 Å². The van der Waals surface area contributed by atoms with E-state index in [1.54, 1.807) is 18.1 Å². The molecule has 1 fully saturated rings. The highest BCUT2D eigenvalue weighted by Gasteiger charge is 2.25. The molecule has 1 N–H and O–H groups in total. The number of benzene rings is 1. The van der Waals surface area contributed by atoms with Crippen LogP contribution in [-0.2, 0) is 9.53 Å². The van der Waals surface area contributed by atoms with Crippen LogP contribution in [0.15, 0.2) is 24.3 Å². The Bertz CT molecular complexity index is 780. The Labute approximate surface area is 191 Å². The summed E-state index contributed by atoms with van der Waals surface area (Å²) >= 11 is 0. The number of nitrogens with one attached hydrogen (secondary N) is 1. The summed E-state index contributed by atoms with van der Waals surface area (Å²) in [6.07, 6.45) is 4.50. The average molecular weight is 448 g/mol. The number of piperazine rings is 1. The molecule has 2 rings (SSSR count). The zero-order chi connectivity index (χ0) is 23.6.